The SMILES string of the molecule is CC(=O)N(CCNS(=O)(=O)c1ccc(C)c(C)c1)C1CCS(=O)(=O)C1. The summed E-state index contributed by atoms with van der Waals surface area (Å²) in [5, 5.41) is 0. The Morgan fingerprint density at radius 2 is 1.96 bits per heavy atom. The molecule has 0 radical (unpaired) electrons. The number of nitrogens with one attached hydrogen (secondary N) is 1. The minimum absolute atomic E-state index is 0.0331. The summed E-state index contributed by atoms with van der Waals surface area (Å²) in [5.41, 5.74) is 1.88. The Hall–Kier alpha value is -1.45. The van der Waals surface area contributed by atoms with Crippen molar-refractivity contribution in [3.05, 3.63) is 29.3 Å². The van der Waals surface area contributed by atoms with Crippen molar-refractivity contribution in [3.63, 3.8) is 0 Å². The van der Waals surface area contributed by atoms with Crippen molar-refractivity contribution in [2.75, 3.05) is 24.6 Å². The van der Waals surface area contributed by atoms with E-state index < -0.39 is 19.9 Å². The summed E-state index contributed by atoms with van der Waals surface area (Å²) in [6.07, 6.45) is 0.395. The van der Waals surface area contributed by atoms with Gasteiger partial charge in [-0.3, -0.25) is 4.79 Å². The monoisotopic (exact) mass is 388 g/mol. The Labute approximate surface area is 149 Å². The number of sulfonamides is 1. The quantitative estimate of drug-likeness (QED) is 0.770. The van der Waals surface area contributed by atoms with Crippen LogP contribution < -0.4 is 4.72 Å². The van der Waals surface area contributed by atoms with Gasteiger partial charge in [-0.2, -0.15) is 0 Å². The van der Waals surface area contributed by atoms with E-state index in [1.807, 2.05) is 13.8 Å². The van der Waals surface area contributed by atoms with E-state index in [1.54, 1.807) is 12.1 Å². The van der Waals surface area contributed by atoms with Crippen LogP contribution in [0.25, 0.3) is 0 Å². The number of amides is 1. The minimum atomic E-state index is -3.67. The fourth-order valence-corrected chi connectivity index (χ4v) is 5.72. The van der Waals surface area contributed by atoms with Crippen molar-refractivity contribution in [2.45, 2.75) is 38.1 Å². The number of carbonyl (C=O) groups is 1. The van der Waals surface area contributed by atoms with Gasteiger partial charge in [0.15, 0.2) is 9.84 Å². The number of carbonyl (C=O) groups excluding carboxylic acids is 1. The second-order valence-electron chi connectivity index (χ2n) is 6.41. The maximum absolute atomic E-state index is 12.4. The van der Waals surface area contributed by atoms with Gasteiger partial charge in [-0.1, -0.05) is 6.07 Å². The lowest BCUT2D eigenvalue weighted by Crippen LogP contribution is -2.44. The van der Waals surface area contributed by atoms with Crippen LogP contribution in [0.1, 0.15) is 24.5 Å². The molecule has 0 aromatic heterocycles. The summed E-state index contributed by atoms with van der Waals surface area (Å²) in [6.45, 7) is 5.28. The number of hydrogen-bond acceptors (Lipinski definition) is 5. The van der Waals surface area contributed by atoms with Gasteiger partial charge in [0.05, 0.1) is 16.4 Å². The van der Waals surface area contributed by atoms with E-state index in [2.05, 4.69) is 4.72 Å². The Kier molecular flexibility index (Phi) is 5.90. The molecule has 1 atom stereocenters. The highest BCUT2D eigenvalue weighted by molar-refractivity contribution is 7.91. The smallest absolute Gasteiger partial charge is 0.240 e. The zero-order valence-electron chi connectivity index (χ0n) is 14.6. The average Bonchev–Trinajstić information content (AvgIpc) is 2.85. The highest BCUT2D eigenvalue weighted by Crippen LogP contribution is 2.18. The first-order valence-corrected chi connectivity index (χ1v) is 11.4. The standard InChI is InChI=1S/C16H24N2O5S2/c1-12-4-5-16(10-13(12)2)25(22,23)17-7-8-18(14(3)19)15-6-9-24(20,21)11-15/h4-5,10,15,17H,6-9,11H2,1-3H3. The fourth-order valence-electron chi connectivity index (χ4n) is 2.88. The van der Waals surface area contributed by atoms with Crippen LogP contribution in [0, 0.1) is 13.8 Å². The molecule has 7 nitrogen and oxygen atoms in total. The zero-order valence-corrected chi connectivity index (χ0v) is 16.3. The number of benzene rings is 1. The summed E-state index contributed by atoms with van der Waals surface area (Å²) >= 11 is 0. The molecule has 1 N–H and O–H groups in total. The van der Waals surface area contributed by atoms with Crippen LogP contribution in [-0.4, -0.2) is 58.3 Å². The molecule has 0 bridgehead atoms. The van der Waals surface area contributed by atoms with Crippen molar-refractivity contribution >= 4 is 25.8 Å². The third kappa shape index (κ3) is 5.02. The predicted octanol–water partition coefficient (Wildman–Crippen LogP) is 0.617. The third-order valence-corrected chi connectivity index (χ3v) is 7.70. The molecule has 0 spiro atoms. The molecule has 2 rings (SSSR count). The van der Waals surface area contributed by atoms with Gasteiger partial charge in [-0.25, -0.2) is 21.6 Å². The van der Waals surface area contributed by atoms with Crippen LogP contribution in [0.5, 0.6) is 0 Å². The number of nitrogens with zero attached hydrogens (tertiary/aromatic N) is 1. The highest BCUT2D eigenvalue weighted by atomic mass is 32.2. The van der Waals surface area contributed by atoms with Crippen molar-refractivity contribution in [1.82, 2.24) is 9.62 Å². The second kappa shape index (κ2) is 7.43. The molecule has 1 aliphatic rings. The summed E-state index contributed by atoms with van der Waals surface area (Å²) in [6, 6.07) is 4.50. The van der Waals surface area contributed by atoms with Crippen LogP contribution in [0.2, 0.25) is 0 Å². The molecule has 0 aliphatic carbocycles. The summed E-state index contributed by atoms with van der Waals surface area (Å²) in [4.78, 5) is 13.4. The number of rotatable bonds is 6. The Morgan fingerprint density at radius 3 is 2.48 bits per heavy atom. The molecule has 25 heavy (non-hydrogen) atoms. The highest BCUT2D eigenvalue weighted by Gasteiger charge is 2.33. The summed E-state index contributed by atoms with van der Waals surface area (Å²) < 4.78 is 50.4. The third-order valence-electron chi connectivity index (χ3n) is 4.49. The lowest BCUT2D eigenvalue weighted by atomic mass is 10.1. The molecule has 1 heterocycles. The maximum atomic E-state index is 12.4. The van der Waals surface area contributed by atoms with Gasteiger partial charge < -0.3 is 4.90 Å². The number of aryl methyl sites for hydroxylation is 2. The van der Waals surface area contributed by atoms with Crippen LogP contribution in [0.4, 0.5) is 0 Å². The van der Waals surface area contributed by atoms with E-state index in [4.69, 9.17) is 0 Å². The van der Waals surface area contributed by atoms with E-state index in [-0.39, 0.29) is 41.4 Å². The Balaban J connectivity index is 2.01. The minimum Gasteiger partial charge on any atom is -0.338 e. The van der Waals surface area contributed by atoms with E-state index in [1.165, 1.54) is 17.9 Å². The van der Waals surface area contributed by atoms with Crippen LogP contribution >= 0.6 is 0 Å². The Bertz CT molecular complexity index is 863. The van der Waals surface area contributed by atoms with Crippen molar-refractivity contribution in [1.29, 1.82) is 0 Å². The van der Waals surface area contributed by atoms with Gasteiger partial charge in [0.25, 0.3) is 0 Å². The topological polar surface area (TPSA) is 101 Å². The maximum Gasteiger partial charge on any atom is 0.240 e. The molecule has 1 amide bonds. The molecule has 140 valence electrons. The molecule has 1 fully saturated rings. The largest absolute Gasteiger partial charge is 0.338 e. The first-order chi connectivity index (χ1) is 11.5. The zero-order chi connectivity index (χ0) is 18.8. The van der Waals surface area contributed by atoms with Crippen LogP contribution in [-0.2, 0) is 24.7 Å². The second-order valence-corrected chi connectivity index (χ2v) is 10.4. The summed E-state index contributed by atoms with van der Waals surface area (Å²) in [7, 11) is -6.79. The van der Waals surface area contributed by atoms with Gasteiger partial charge in [0.1, 0.15) is 0 Å². The summed E-state index contributed by atoms with van der Waals surface area (Å²) in [5.74, 6) is -0.251. The predicted molar refractivity (Wildman–Crippen MR) is 95.6 cm³/mol. The molecule has 1 aromatic rings. The van der Waals surface area contributed by atoms with E-state index in [0.717, 1.165) is 11.1 Å². The van der Waals surface area contributed by atoms with Gasteiger partial charge in [-0.05, 0) is 43.5 Å². The molecule has 1 aromatic carbocycles. The lowest BCUT2D eigenvalue weighted by Gasteiger charge is -2.27. The first kappa shape index (κ1) is 19.9. The average molecular weight is 389 g/mol. The fraction of sp³-hybridized carbons (Fsp3) is 0.562. The van der Waals surface area contributed by atoms with Gasteiger partial charge in [-0.15, -0.1) is 0 Å². The normalized spacial score (nSPS) is 19.7. The molecule has 1 unspecified atom stereocenters. The van der Waals surface area contributed by atoms with Gasteiger partial charge >= 0.3 is 0 Å². The van der Waals surface area contributed by atoms with Crippen molar-refractivity contribution in [2.24, 2.45) is 0 Å². The first-order valence-electron chi connectivity index (χ1n) is 8.06. The van der Waals surface area contributed by atoms with Gasteiger partial charge in [0, 0.05) is 26.1 Å². The van der Waals surface area contributed by atoms with Crippen LogP contribution in [0.3, 0.4) is 0 Å². The van der Waals surface area contributed by atoms with Crippen molar-refractivity contribution < 1.29 is 21.6 Å². The van der Waals surface area contributed by atoms with E-state index in [9.17, 15) is 21.6 Å². The van der Waals surface area contributed by atoms with Gasteiger partial charge in [0.2, 0.25) is 15.9 Å². The van der Waals surface area contributed by atoms with E-state index >= 15 is 0 Å². The molecule has 1 aliphatic heterocycles. The molecular formula is C16H24N2O5S2. The molecule has 9 heteroatoms. The molecule has 0 saturated carbocycles. The molecular weight excluding hydrogens is 364 g/mol. The number of hydrogen-bond donors (Lipinski definition) is 1. The lowest BCUT2D eigenvalue weighted by molar-refractivity contribution is -0.130. The van der Waals surface area contributed by atoms with Crippen molar-refractivity contribution in [3.8, 4) is 0 Å². The van der Waals surface area contributed by atoms with E-state index in [0.29, 0.717) is 6.42 Å². The van der Waals surface area contributed by atoms with Crippen LogP contribution in [0.15, 0.2) is 23.1 Å². The Morgan fingerprint density at radius 1 is 1.28 bits per heavy atom. The molecule has 1 saturated heterocycles. The number of sulfone groups is 1.